The van der Waals surface area contributed by atoms with E-state index < -0.39 is 0 Å². The highest BCUT2D eigenvalue weighted by Gasteiger charge is 2.14. The van der Waals surface area contributed by atoms with E-state index in [4.69, 9.17) is 23.2 Å². The summed E-state index contributed by atoms with van der Waals surface area (Å²) in [6.07, 6.45) is 3.17. The zero-order chi connectivity index (χ0) is 18.6. The number of benzene rings is 2. The topological polar surface area (TPSA) is 29.1 Å². The second-order valence-electron chi connectivity index (χ2n) is 7.10. The molecule has 0 fully saturated rings. The van der Waals surface area contributed by atoms with Gasteiger partial charge in [-0.15, -0.1) is 0 Å². The van der Waals surface area contributed by atoms with Gasteiger partial charge in [0.15, 0.2) is 0 Å². The van der Waals surface area contributed by atoms with Gasteiger partial charge in [-0.25, -0.2) is 0 Å². The smallest absolute Gasteiger partial charge is 0.244 e. The summed E-state index contributed by atoms with van der Waals surface area (Å²) in [6, 6.07) is 13.4. The van der Waals surface area contributed by atoms with Gasteiger partial charge in [-0.05, 0) is 47.2 Å². The quantitative estimate of drug-likeness (QED) is 0.634. The molecule has 4 heteroatoms. The van der Waals surface area contributed by atoms with Crippen molar-refractivity contribution in [3.05, 3.63) is 75.3 Å². The molecule has 132 valence electrons. The largest absolute Gasteiger partial charge is 0.346 e. The predicted molar refractivity (Wildman–Crippen MR) is 107 cm³/mol. The van der Waals surface area contributed by atoms with E-state index in [1.54, 1.807) is 24.3 Å². The van der Waals surface area contributed by atoms with Gasteiger partial charge in [-0.1, -0.05) is 74.3 Å². The Hall–Kier alpha value is -1.77. The lowest BCUT2D eigenvalue weighted by atomic mass is 9.86. The molecule has 0 aliphatic carbocycles. The third-order valence-corrected chi connectivity index (χ3v) is 4.57. The first-order valence-corrected chi connectivity index (χ1v) is 8.96. The van der Waals surface area contributed by atoms with Crippen LogP contribution in [0.3, 0.4) is 0 Å². The van der Waals surface area contributed by atoms with E-state index in [0.29, 0.717) is 10.0 Å². The molecule has 0 heterocycles. The summed E-state index contributed by atoms with van der Waals surface area (Å²) in [4.78, 5) is 12.1. The molecule has 0 spiro atoms. The van der Waals surface area contributed by atoms with E-state index in [0.717, 1.165) is 11.1 Å². The van der Waals surface area contributed by atoms with Crippen molar-refractivity contribution >= 4 is 35.2 Å². The summed E-state index contributed by atoms with van der Waals surface area (Å²) in [7, 11) is 0. The van der Waals surface area contributed by atoms with Crippen molar-refractivity contribution in [1.82, 2.24) is 5.32 Å². The summed E-state index contributed by atoms with van der Waals surface area (Å²) in [5.74, 6) is -0.168. The van der Waals surface area contributed by atoms with Crippen LogP contribution in [0.5, 0.6) is 0 Å². The average Bonchev–Trinajstić information content (AvgIpc) is 2.53. The Morgan fingerprint density at radius 1 is 1.08 bits per heavy atom. The number of halogens is 2. The summed E-state index contributed by atoms with van der Waals surface area (Å²) < 4.78 is 0. The minimum absolute atomic E-state index is 0.0770. The third-order valence-electron chi connectivity index (χ3n) is 4.01. The van der Waals surface area contributed by atoms with Gasteiger partial charge in [0, 0.05) is 16.1 Å². The molecule has 0 aliphatic heterocycles. The second-order valence-corrected chi connectivity index (χ2v) is 7.95. The zero-order valence-corrected chi connectivity index (χ0v) is 16.4. The van der Waals surface area contributed by atoms with Crippen LogP contribution in [0.15, 0.2) is 48.5 Å². The lowest BCUT2D eigenvalue weighted by Crippen LogP contribution is -2.24. The van der Waals surface area contributed by atoms with E-state index in [9.17, 15) is 4.79 Å². The van der Waals surface area contributed by atoms with E-state index in [-0.39, 0.29) is 17.4 Å². The molecule has 0 aliphatic rings. The average molecular weight is 376 g/mol. The van der Waals surface area contributed by atoms with Gasteiger partial charge in [0.25, 0.3) is 0 Å². The lowest BCUT2D eigenvalue weighted by Gasteiger charge is -2.20. The normalized spacial score (nSPS) is 13.0. The number of nitrogens with one attached hydrogen (secondary N) is 1. The van der Waals surface area contributed by atoms with Crippen LogP contribution in [0.1, 0.15) is 50.4 Å². The van der Waals surface area contributed by atoms with E-state index in [2.05, 4.69) is 50.4 Å². The van der Waals surface area contributed by atoms with Gasteiger partial charge in [0.1, 0.15) is 0 Å². The van der Waals surface area contributed by atoms with Gasteiger partial charge in [0.2, 0.25) is 5.91 Å². The van der Waals surface area contributed by atoms with Crippen LogP contribution < -0.4 is 5.32 Å². The maximum Gasteiger partial charge on any atom is 0.244 e. The molecular formula is C21H23Cl2NO. The molecule has 1 amide bonds. The SMILES string of the molecule is CC(NC(=O)/C=C/c1ccc(Cl)cc1Cl)c1ccc(C(C)(C)C)cc1. The van der Waals surface area contributed by atoms with Gasteiger partial charge in [-0.3, -0.25) is 4.79 Å². The number of rotatable bonds is 4. The fraction of sp³-hybridized carbons (Fsp3) is 0.286. The first kappa shape index (κ1) is 19.6. The molecule has 1 unspecified atom stereocenters. The molecule has 0 aromatic heterocycles. The molecule has 25 heavy (non-hydrogen) atoms. The molecule has 0 saturated heterocycles. The van der Waals surface area contributed by atoms with Gasteiger partial charge in [-0.2, -0.15) is 0 Å². The van der Waals surface area contributed by atoms with Crippen LogP contribution in [0.25, 0.3) is 6.08 Å². The molecule has 0 radical (unpaired) electrons. The van der Waals surface area contributed by atoms with Gasteiger partial charge < -0.3 is 5.32 Å². The maximum absolute atomic E-state index is 12.1. The highest BCUT2D eigenvalue weighted by molar-refractivity contribution is 6.35. The van der Waals surface area contributed by atoms with Crippen molar-refractivity contribution in [2.75, 3.05) is 0 Å². The van der Waals surface area contributed by atoms with Crippen LogP contribution in [-0.2, 0) is 10.2 Å². The van der Waals surface area contributed by atoms with Crippen molar-refractivity contribution in [3.63, 3.8) is 0 Å². The van der Waals surface area contributed by atoms with Crippen LogP contribution in [0.4, 0.5) is 0 Å². The first-order chi connectivity index (χ1) is 11.7. The molecule has 2 rings (SSSR count). The molecule has 2 nitrogen and oxygen atoms in total. The van der Waals surface area contributed by atoms with Crippen LogP contribution in [0, 0.1) is 0 Å². The molecule has 0 bridgehead atoms. The van der Waals surface area contributed by atoms with Crippen molar-refractivity contribution in [2.45, 2.75) is 39.2 Å². The lowest BCUT2D eigenvalue weighted by molar-refractivity contribution is -0.117. The number of hydrogen-bond donors (Lipinski definition) is 1. The number of carbonyl (C=O) groups is 1. The zero-order valence-electron chi connectivity index (χ0n) is 14.9. The number of amides is 1. The minimum atomic E-state index is -0.168. The Morgan fingerprint density at radius 3 is 2.28 bits per heavy atom. The standard InChI is InChI=1S/C21H23Cl2NO/c1-14(15-5-9-17(10-6-15)21(2,3)4)24-20(25)12-8-16-7-11-18(22)13-19(16)23/h5-14H,1-4H3,(H,24,25)/b12-8+. The number of carbonyl (C=O) groups excluding carboxylic acids is 1. The Bertz CT molecular complexity index is 773. The van der Waals surface area contributed by atoms with E-state index in [1.807, 2.05) is 6.92 Å². The Morgan fingerprint density at radius 2 is 1.72 bits per heavy atom. The predicted octanol–water partition coefficient (Wildman–Crippen LogP) is 6.18. The van der Waals surface area contributed by atoms with Crippen molar-refractivity contribution < 1.29 is 4.79 Å². The monoisotopic (exact) mass is 375 g/mol. The van der Waals surface area contributed by atoms with Crippen LogP contribution in [-0.4, -0.2) is 5.91 Å². The minimum Gasteiger partial charge on any atom is -0.346 e. The van der Waals surface area contributed by atoms with Gasteiger partial charge in [0.05, 0.1) is 6.04 Å². The maximum atomic E-state index is 12.1. The molecule has 0 saturated carbocycles. The van der Waals surface area contributed by atoms with Gasteiger partial charge >= 0.3 is 0 Å². The van der Waals surface area contributed by atoms with Crippen molar-refractivity contribution in [2.24, 2.45) is 0 Å². The molecule has 1 atom stereocenters. The first-order valence-electron chi connectivity index (χ1n) is 8.21. The van der Waals surface area contributed by atoms with Crippen LogP contribution in [0.2, 0.25) is 10.0 Å². The van der Waals surface area contributed by atoms with E-state index >= 15 is 0 Å². The fourth-order valence-electron chi connectivity index (χ4n) is 2.42. The third kappa shape index (κ3) is 5.62. The summed E-state index contributed by atoms with van der Waals surface area (Å²) in [5.41, 5.74) is 3.21. The Labute approximate surface area is 159 Å². The molecule has 2 aromatic rings. The second kappa shape index (κ2) is 8.07. The number of hydrogen-bond acceptors (Lipinski definition) is 1. The highest BCUT2D eigenvalue weighted by atomic mass is 35.5. The van der Waals surface area contributed by atoms with Crippen molar-refractivity contribution in [1.29, 1.82) is 0 Å². The Kier molecular flexibility index (Phi) is 6.31. The molecule has 2 aromatic carbocycles. The van der Waals surface area contributed by atoms with Crippen LogP contribution >= 0.6 is 23.2 Å². The summed E-state index contributed by atoms with van der Waals surface area (Å²) in [6.45, 7) is 8.51. The molecular weight excluding hydrogens is 353 g/mol. The van der Waals surface area contributed by atoms with Crippen molar-refractivity contribution in [3.8, 4) is 0 Å². The highest BCUT2D eigenvalue weighted by Crippen LogP contribution is 2.24. The van der Waals surface area contributed by atoms with E-state index in [1.165, 1.54) is 11.6 Å². The summed E-state index contributed by atoms with van der Waals surface area (Å²) in [5, 5.41) is 4.05. The Balaban J connectivity index is 2.01. The molecule has 1 N–H and O–H groups in total. The fourth-order valence-corrected chi connectivity index (χ4v) is 2.89. The summed E-state index contributed by atoms with van der Waals surface area (Å²) >= 11 is 12.0.